The Hall–Kier alpha value is -2.74. The third-order valence-electron chi connectivity index (χ3n) is 7.24. The van der Waals surface area contributed by atoms with Crippen molar-refractivity contribution in [3.05, 3.63) is 83.7 Å². The van der Waals surface area contributed by atoms with Gasteiger partial charge in [0.05, 0.1) is 5.56 Å². The van der Waals surface area contributed by atoms with Gasteiger partial charge >= 0.3 is 0 Å². The molecule has 2 heteroatoms. The average molecular weight is 487 g/mol. The normalized spacial score (nSPS) is 12.0. The molecule has 192 valence electrons. The molecule has 3 aromatic carbocycles. The zero-order valence-corrected chi connectivity index (χ0v) is 22.5. The zero-order chi connectivity index (χ0) is 25.8. The van der Waals surface area contributed by atoms with Crippen molar-refractivity contribution in [3.63, 3.8) is 0 Å². The highest BCUT2D eigenvalue weighted by atomic mass is 19.1. The third-order valence-corrected chi connectivity index (χ3v) is 7.24. The topological polar surface area (TPSA) is 17.1 Å². The molecule has 1 atom stereocenters. The highest BCUT2D eigenvalue weighted by Crippen LogP contribution is 2.33. The van der Waals surface area contributed by atoms with E-state index in [2.05, 4.69) is 44.2 Å². The van der Waals surface area contributed by atoms with E-state index in [1.807, 2.05) is 31.2 Å². The highest BCUT2D eigenvalue weighted by Gasteiger charge is 2.19. The molecular formula is C34H43FO. The molecule has 0 aliphatic carbocycles. The molecule has 1 unspecified atom stereocenters. The first-order chi connectivity index (χ1) is 17.5. The number of hydrogen-bond donors (Lipinski definition) is 0. The quantitative estimate of drug-likeness (QED) is 0.154. The summed E-state index contributed by atoms with van der Waals surface area (Å²) < 4.78 is 15.2. The molecule has 0 amide bonds. The Morgan fingerprint density at radius 3 is 1.94 bits per heavy atom. The van der Waals surface area contributed by atoms with Crippen molar-refractivity contribution in [3.8, 4) is 22.3 Å². The number of aryl methyl sites for hydroxylation is 1. The summed E-state index contributed by atoms with van der Waals surface area (Å²) in [6.45, 7) is 6.36. The van der Waals surface area contributed by atoms with Gasteiger partial charge in [-0.15, -0.1) is 0 Å². The van der Waals surface area contributed by atoms with Crippen molar-refractivity contribution < 1.29 is 9.18 Å². The summed E-state index contributed by atoms with van der Waals surface area (Å²) in [6, 6.07) is 22.0. The maximum atomic E-state index is 15.2. The van der Waals surface area contributed by atoms with Crippen molar-refractivity contribution >= 4 is 5.78 Å². The largest absolute Gasteiger partial charge is 0.294 e. The fourth-order valence-corrected chi connectivity index (χ4v) is 4.93. The number of carbonyl (C=O) groups is 1. The molecule has 0 spiro atoms. The molecule has 0 saturated heterocycles. The smallest absolute Gasteiger partial charge is 0.168 e. The number of halogens is 1. The predicted octanol–water partition coefficient (Wildman–Crippen LogP) is 10.5. The molecule has 1 nitrogen and oxygen atoms in total. The summed E-state index contributed by atoms with van der Waals surface area (Å²) in [6.07, 6.45) is 12.8. The Balaban J connectivity index is 1.72. The van der Waals surface area contributed by atoms with Crippen LogP contribution in [0.2, 0.25) is 0 Å². The summed E-state index contributed by atoms with van der Waals surface area (Å²) in [4.78, 5) is 12.9. The Bertz CT molecular complexity index is 1080. The van der Waals surface area contributed by atoms with Gasteiger partial charge in [0, 0.05) is 5.92 Å². The molecule has 0 bridgehead atoms. The minimum atomic E-state index is -0.424. The van der Waals surface area contributed by atoms with Crippen molar-refractivity contribution in [2.24, 2.45) is 5.92 Å². The first-order valence-corrected chi connectivity index (χ1v) is 14.1. The van der Waals surface area contributed by atoms with Crippen LogP contribution in [0, 0.1) is 11.7 Å². The lowest BCUT2D eigenvalue weighted by atomic mass is 9.90. The van der Waals surface area contributed by atoms with E-state index in [1.54, 1.807) is 6.07 Å². The maximum absolute atomic E-state index is 15.2. The van der Waals surface area contributed by atoms with Crippen LogP contribution in [0.1, 0.15) is 101 Å². The van der Waals surface area contributed by atoms with Crippen LogP contribution in [0.25, 0.3) is 22.3 Å². The number of unbranched alkanes of at least 4 members (excludes halogenated alkanes) is 7. The maximum Gasteiger partial charge on any atom is 0.168 e. The standard InChI is InChI=1S/C34H43FO/c1-4-6-8-10-11-15-26(3)34(36)32-24-23-29(25-33(32)35)31-18-14-13-17-30(31)28-21-19-27(20-22-28)16-12-9-7-5-2/h13-14,17-26H,4-12,15-16H2,1-3H3. The second-order valence-corrected chi connectivity index (χ2v) is 10.2. The van der Waals surface area contributed by atoms with Crippen LogP contribution in [-0.2, 0) is 6.42 Å². The van der Waals surface area contributed by atoms with Crippen LogP contribution in [-0.4, -0.2) is 5.78 Å². The van der Waals surface area contributed by atoms with Crippen molar-refractivity contribution in [1.29, 1.82) is 0 Å². The molecule has 3 rings (SSSR count). The summed E-state index contributed by atoms with van der Waals surface area (Å²) in [7, 11) is 0. The molecule has 0 saturated carbocycles. The zero-order valence-electron chi connectivity index (χ0n) is 22.5. The number of benzene rings is 3. The Kier molecular flexibility index (Phi) is 11.4. The molecule has 0 N–H and O–H groups in total. The van der Waals surface area contributed by atoms with Gasteiger partial charge in [0.2, 0.25) is 0 Å². The van der Waals surface area contributed by atoms with E-state index in [0.29, 0.717) is 0 Å². The fourth-order valence-electron chi connectivity index (χ4n) is 4.93. The molecule has 36 heavy (non-hydrogen) atoms. The van der Waals surface area contributed by atoms with E-state index in [9.17, 15) is 4.79 Å². The summed E-state index contributed by atoms with van der Waals surface area (Å²) in [5, 5.41) is 0. The average Bonchev–Trinajstić information content (AvgIpc) is 2.91. The summed E-state index contributed by atoms with van der Waals surface area (Å²) >= 11 is 0. The molecule has 0 aliphatic rings. The number of Topliss-reactive ketones (excluding diaryl/α,β-unsaturated/α-hetero) is 1. The molecule has 0 aliphatic heterocycles. The van der Waals surface area contributed by atoms with Gasteiger partial charge in [-0.2, -0.15) is 0 Å². The fraction of sp³-hybridized carbons (Fsp3) is 0.441. The number of hydrogen-bond acceptors (Lipinski definition) is 1. The monoisotopic (exact) mass is 486 g/mol. The number of carbonyl (C=O) groups excluding carboxylic acids is 1. The van der Waals surface area contributed by atoms with Gasteiger partial charge < -0.3 is 0 Å². The molecule has 0 radical (unpaired) electrons. The van der Waals surface area contributed by atoms with E-state index in [4.69, 9.17) is 0 Å². The number of rotatable bonds is 15. The second-order valence-electron chi connectivity index (χ2n) is 10.2. The van der Waals surface area contributed by atoms with Crippen LogP contribution in [0.3, 0.4) is 0 Å². The van der Waals surface area contributed by atoms with E-state index < -0.39 is 5.82 Å². The van der Waals surface area contributed by atoms with Gasteiger partial charge in [-0.1, -0.05) is 127 Å². The Labute approximate surface area is 218 Å². The summed E-state index contributed by atoms with van der Waals surface area (Å²) in [5.41, 5.74) is 5.56. The first kappa shape index (κ1) is 27.8. The molecule has 0 fully saturated rings. The van der Waals surface area contributed by atoms with Gasteiger partial charge in [0.15, 0.2) is 5.78 Å². The molecule has 0 aromatic heterocycles. The minimum absolute atomic E-state index is 0.0858. The first-order valence-electron chi connectivity index (χ1n) is 14.1. The Morgan fingerprint density at radius 1 is 0.722 bits per heavy atom. The van der Waals surface area contributed by atoms with Crippen LogP contribution >= 0.6 is 0 Å². The van der Waals surface area contributed by atoms with Gasteiger partial charge in [0.1, 0.15) is 5.82 Å². The van der Waals surface area contributed by atoms with E-state index in [-0.39, 0.29) is 17.3 Å². The van der Waals surface area contributed by atoms with Gasteiger partial charge in [0.25, 0.3) is 0 Å². The second kappa shape index (κ2) is 14.7. The van der Waals surface area contributed by atoms with Gasteiger partial charge in [-0.25, -0.2) is 4.39 Å². The molecular weight excluding hydrogens is 443 g/mol. The van der Waals surface area contributed by atoms with E-state index in [1.165, 1.54) is 56.6 Å². The lowest BCUT2D eigenvalue weighted by Crippen LogP contribution is -2.13. The lowest BCUT2D eigenvalue weighted by molar-refractivity contribution is 0.0918. The molecule has 0 heterocycles. The van der Waals surface area contributed by atoms with Gasteiger partial charge in [-0.3, -0.25) is 4.79 Å². The third kappa shape index (κ3) is 7.88. The molecule has 3 aromatic rings. The summed E-state index contributed by atoms with van der Waals surface area (Å²) in [5.74, 6) is -0.662. The predicted molar refractivity (Wildman–Crippen MR) is 152 cm³/mol. The van der Waals surface area contributed by atoms with Crippen molar-refractivity contribution in [2.75, 3.05) is 0 Å². The van der Waals surface area contributed by atoms with Crippen LogP contribution in [0.5, 0.6) is 0 Å². The van der Waals surface area contributed by atoms with Crippen LogP contribution in [0.15, 0.2) is 66.7 Å². The van der Waals surface area contributed by atoms with Gasteiger partial charge in [-0.05, 0) is 59.2 Å². The minimum Gasteiger partial charge on any atom is -0.294 e. The van der Waals surface area contributed by atoms with Crippen LogP contribution < -0.4 is 0 Å². The number of ketones is 1. The SMILES string of the molecule is CCCCCCCC(C)C(=O)c1ccc(-c2ccccc2-c2ccc(CCCCCC)cc2)cc1F. The van der Waals surface area contributed by atoms with Crippen molar-refractivity contribution in [2.45, 2.75) is 91.4 Å². The van der Waals surface area contributed by atoms with Crippen molar-refractivity contribution in [1.82, 2.24) is 0 Å². The van der Waals surface area contributed by atoms with Crippen LogP contribution in [0.4, 0.5) is 4.39 Å². The van der Waals surface area contributed by atoms with E-state index in [0.717, 1.165) is 47.9 Å². The Morgan fingerprint density at radius 2 is 1.31 bits per heavy atom. The van der Waals surface area contributed by atoms with E-state index >= 15 is 4.39 Å². The lowest BCUT2D eigenvalue weighted by Gasteiger charge is -2.14. The highest BCUT2D eigenvalue weighted by molar-refractivity contribution is 5.98.